The van der Waals surface area contributed by atoms with Crippen molar-refractivity contribution in [2.75, 3.05) is 13.2 Å². The molecule has 1 aromatic rings. The SMILES string of the molecule is C=C/C=C(\C=C/Cc1cc(Cl)ccc1F)C[C@H](C[C@@](C)(CO)C(=O)OCC)NC(=O)OC(C)(C)C. The maximum Gasteiger partial charge on any atom is 0.407 e. The van der Waals surface area contributed by atoms with Crippen molar-refractivity contribution in [3.05, 3.63) is 71.1 Å². The van der Waals surface area contributed by atoms with Gasteiger partial charge in [-0.3, -0.25) is 4.79 Å². The van der Waals surface area contributed by atoms with Crippen LogP contribution in [0.5, 0.6) is 0 Å². The molecule has 0 aliphatic carbocycles. The Balaban J connectivity index is 3.14. The van der Waals surface area contributed by atoms with E-state index >= 15 is 0 Å². The summed E-state index contributed by atoms with van der Waals surface area (Å²) in [7, 11) is 0. The number of ether oxygens (including phenoxy) is 2. The Kier molecular flexibility index (Phi) is 12.2. The summed E-state index contributed by atoms with van der Waals surface area (Å²) >= 11 is 5.97. The van der Waals surface area contributed by atoms with Crippen LogP contribution in [0.25, 0.3) is 0 Å². The van der Waals surface area contributed by atoms with Gasteiger partial charge in [-0.2, -0.15) is 0 Å². The van der Waals surface area contributed by atoms with Gasteiger partial charge in [0.1, 0.15) is 11.4 Å². The van der Waals surface area contributed by atoms with Crippen LogP contribution >= 0.6 is 11.6 Å². The molecule has 194 valence electrons. The number of benzene rings is 1. The molecular weight excluding hydrogens is 473 g/mol. The third-order valence-corrected chi connectivity index (χ3v) is 5.26. The summed E-state index contributed by atoms with van der Waals surface area (Å²) in [6, 6.07) is 3.79. The summed E-state index contributed by atoms with van der Waals surface area (Å²) in [6.07, 6.45) is 7.01. The molecule has 0 radical (unpaired) electrons. The fourth-order valence-corrected chi connectivity index (χ4v) is 3.57. The summed E-state index contributed by atoms with van der Waals surface area (Å²) in [6.45, 7) is 12.0. The topological polar surface area (TPSA) is 84.9 Å². The van der Waals surface area contributed by atoms with E-state index in [1.165, 1.54) is 12.1 Å². The molecule has 2 N–H and O–H groups in total. The van der Waals surface area contributed by atoms with Crippen LogP contribution in [0, 0.1) is 11.2 Å². The number of aliphatic hydroxyl groups excluding tert-OH is 1. The van der Waals surface area contributed by atoms with E-state index in [0.29, 0.717) is 23.4 Å². The Labute approximate surface area is 212 Å². The lowest BCUT2D eigenvalue weighted by molar-refractivity contribution is -0.157. The van der Waals surface area contributed by atoms with Crippen LogP contribution in [0.3, 0.4) is 0 Å². The van der Waals surface area contributed by atoms with E-state index < -0.39 is 35.7 Å². The molecule has 0 fully saturated rings. The Morgan fingerprint density at radius 2 is 1.97 bits per heavy atom. The van der Waals surface area contributed by atoms with Gasteiger partial charge in [-0.25, -0.2) is 9.18 Å². The molecule has 0 unspecified atom stereocenters. The molecule has 2 atom stereocenters. The number of allylic oxidation sites excluding steroid dienone is 4. The lowest BCUT2D eigenvalue weighted by Crippen LogP contribution is -2.45. The summed E-state index contributed by atoms with van der Waals surface area (Å²) in [5.74, 6) is -0.911. The van der Waals surface area contributed by atoms with Crippen molar-refractivity contribution in [2.45, 2.75) is 65.5 Å². The minimum atomic E-state index is -1.23. The lowest BCUT2D eigenvalue weighted by Gasteiger charge is -2.31. The number of carbonyl (C=O) groups excluding carboxylic acids is 2. The normalized spacial score (nSPS) is 14.8. The van der Waals surface area contributed by atoms with Gasteiger partial charge in [0.15, 0.2) is 0 Å². The minimum Gasteiger partial charge on any atom is -0.466 e. The summed E-state index contributed by atoms with van der Waals surface area (Å²) in [4.78, 5) is 25.1. The van der Waals surface area contributed by atoms with Crippen molar-refractivity contribution >= 4 is 23.7 Å². The monoisotopic (exact) mass is 509 g/mol. The highest BCUT2D eigenvalue weighted by atomic mass is 35.5. The number of esters is 1. The Morgan fingerprint density at radius 1 is 1.29 bits per heavy atom. The Hall–Kier alpha value is -2.64. The number of halogens is 2. The average molecular weight is 510 g/mol. The van der Waals surface area contributed by atoms with E-state index in [1.54, 1.807) is 65.0 Å². The van der Waals surface area contributed by atoms with Crippen LogP contribution < -0.4 is 5.32 Å². The van der Waals surface area contributed by atoms with Crippen LogP contribution in [-0.4, -0.2) is 42.0 Å². The van der Waals surface area contributed by atoms with Crippen LogP contribution in [-0.2, 0) is 20.7 Å². The third kappa shape index (κ3) is 11.1. The number of nitrogens with one attached hydrogen (secondary N) is 1. The molecule has 0 saturated carbocycles. The molecule has 8 heteroatoms. The van der Waals surface area contributed by atoms with Gasteiger partial charge in [0.2, 0.25) is 0 Å². The first-order chi connectivity index (χ1) is 16.3. The molecule has 0 heterocycles. The van der Waals surface area contributed by atoms with Crippen LogP contribution in [0.4, 0.5) is 9.18 Å². The zero-order valence-corrected chi connectivity index (χ0v) is 22.0. The maximum absolute atomic E-state index is 14.0. The summed E-state index contributed by atoms with van der Waals surface area (Å²) < 4.78 is 24.6. The number of carbonyl (C=O) groups is 2. The highest BCUT2D eigenvalue weighted by molar-refractivity contribution is 6.30. The predicted octanol–water partition coefficient (Wildman–Crippen LogP) is 5.93. The molecule has 0 saturated heterocycles. The van der Waals surface area contributed by atoms with E-state index in [1.807, 2.05) is 0 Å². The molecule has 0 aliphatic rings. The number of rotatable bonds is 12. The van der Waals surface area contributed by atoms with Crippen LogP contribution in [0.15, 0.2) is 54.7 Å². The van der Waals surface area contributed by atoms with E-state index in [0.717, 1.165) is 5.57 Å². The van der Waals surface area contributed by atoms with Gasteiger partial charge in [-0.05, 0) is 83.2 Å². The minimum absolute atomic E-state index is 0.104. The van der Waals surface area contributed by atoms with Gasteiger partial charge in [-0.15, -0.1) is 0 Å². The second kappa shape index (κ2) is 14.0. The maximum atomic E-state index is 14.0. The molecule has 0 aromatic heterocycles. The van der Waals surface area contributed by atoms with E-state index in [-0.39, 0.29) is 18.8 Å². The number of hydrogen-bond donors (Lipinski definition) is 2. The van der Waals surface area contributed by atoms with Crippen molar-refractivity contribution < 1.29 is 28.6 Å². The summed E-state index contributed by atoms with van der Waals surface area (Å²) in [5, 5.41) is 13.2. The van der Waals surface area contributed by atoms with Gasteiger partial charge >= 0.3 is 12.1 Å². The van der Waals surface area contributed by atoms with Gasteiger partial charge in [-0.1, -0.05) is 42.5 Å². The highest BCUT2D eigenvalue weighted by Gasteiger charge is 2.37. The van der Waals surface area contributed by atoms with E-state index in [2.05, 4.69) is 11.9 Å². The second-order valence-electron chi connectivity index (χ2n) is 9.51. The van der Waals surface area contributed by atoms with Crippen molar-refractivity contribution in [1.29, 1.82) is 0 Å². The number of hydrogen-bond acceptors (Lipinski definition) is 5. The second-order valence-corrected chi connectivity index (χ2v) is 9.95. The lowest BCUT2D eigenvalue weighted by atomic mass is 9.82. The third-order valence-electron chi connectivity index (χ3n) is 5.03. The van der Waals surface area contributed by atoms with Crippen molar-refractivity contribution in [3.8, 4) is 0 Å². The zero-order chi connectivity index (χ0) is 26.6. The summed E-state index contributed by atoms with van der Waals surface area (Å²) in [5.41, 5.74) is -0.725. The number of alkyl carbamates (subject to hydrolysis) is 1. The highest BCUT2D eigenvalue weighted by Crippen LogP contribution is 2.28. The fraction of sp³-hybridized carbons (Fsp3) is 0.481. The average Bonchev–Trinajstić information content (AvgIpc) is 2.74. The molecule has 0 spiro atoms. The first kappa shape index (κ1) is 30.4. The van der Waals surface area contributed by atoms with Crippen LogP contribution in [0.2, 0.25) is 5.02 Å². The van der Waals surface area contributed by atoms with Crippen molar-refractivity contribution in [3.63, 3.8) is 0 Å². The molecule has 1 rings (SSSR count). The number of amides is 1. The van der Waals surface area contributed by atoms with Gasteiger partial charge in [0.05, 0.1) is 18.6 Å². The number of aliphatic hydroxyl groups is 1. The predicted molar refractivity (Wildman–Crippen MR) is 137 cm³/mol. The van der Waals surface area contributed by atoms with E-state index in [9.17, 15) is 19.1 Å². The Bertz CT molecular complexity index is 938. The molecule has 0 aliphatic heterocycles. The standard InChI is InChI=1S/C27H37ClFNO5/c1-7-10-19(11-9-12-20-16-21(28)13-14-23(20)29)15-22(30-25(33)35-26(3,4)5)17-27(6,18-31)24(32)34-8-2/h7,9-11,13-14,16,22,31H,1,8,12,15,17-18H2,2-6H3,(H,30,33)/b11-9-,19-10+/t22-,27+/m1/s1. The van der Waals surface area contributed by atoms with Crippen molar-refractivity contribution in [2.24, 2.45) is 5.41 Å². The van der Waals surface area contributed by atoms with E-state index in [4.69, 9.17) is 21.1 Å². The smallest absolute Gasteiger partial charge is 0.407 e. The van der Waals surface area contributed by atoms with Crippen molar-refractivity contribution in [1.82, 2.24) is 5.32 Å². The first-order valence-corrected chi connectivity index (χ1v) is 11.9. The first-order valence-electron chi connectivity index (χ1n) is 11.5. The van der Waals surface area contributed by atoms with Crippen LogP contribution in [0.1, 0.15) is 53.0 Å². The molecule has 1 amide bonds. The molecule has 1 aromatic carbocycles. The molecule has 6 nitrogen and oxygen atoms in total. The van der Waals surface area contributed by atoms with Gasteiger partial charge in [0, 0.05) is 11.1 Å². The zero-order valence-electron chi connectivity index (χ0n) is 21.2. The van der Waals surface area contributed by atoms with Gasteiger partial charge < -0.3 is 19.9 Å². The Morgan fingerprint density at radius 3 is 2.54 bits per heavy atom. The molecule has 0 bridgehead atoms. The van der Waals surface area contributed by atoms with Gasteiger partial charge in [0.25, 0.3) is 0 Å². The fourth-order valence-electron chi connectivity index (χ4n) is 3.37. The molecule has 35 heavy (non-hydrogen) atoms. The quantitative estimate of drug-likeness (QED) is 0.269. The molecular formula is C27H37ClFNO5. The largest absolute Gasteiger partial charge is 0.466 e.